The Bertz CT molecular complexity index is 508. The Morgan fingerprint density at radius 1 is 1.25 bits per heavy atom. The van der Waals surface area contributed by atoms with Crippen LogP contribution in [-0.4, -0.2) is 29.6 Å². The van der Waals surface area contributed by atoms with Gasteiger partial charge >= 0.3 is 11.8 Å². The van der Waals surface area contributed by atoms with Crippen LogP contribution in [0.4, 0.5) is 5.69 Å². The summed E-state index contributed by atoms with van der Waals surface area (Å²) in [6.07, 6.45) is 0. The minimum absolute atomic E-state index is 0.0773. The van der Waals surface area contributed by atoms with Gasteiger partial charge in [-0.05, 0) is 31.0 Å². The third-order valence-electron chi connectivity index (χ3n) is 2.89. The van der Waals surface area contributed by atoms with Gasteiger partial charge in [0.25, 0.3) is 0 Å². The largest absolute Gasteiger partial charge is 0.396 e. The lowest BCUT2D eigenvalue weighted by Crippen LogP contribution is -2.44. The molecule has 1 aromatic carbocycles. The van der Waals surface area contributed by atoms with E-state index in [1.165, 1.54) is 12.1 Å². The van der Waals surface area contributed by atoms with Crippen molar-refractivity contribution in [1.82, 2.24) is 5.32 Å². The van der Waals surface area contributed by atoms with Crippen molar-refractivity contribution in [2.45, 2.75) is 19.9 Å². The number of aliphatic hydroxyl groups is 1. The molecule has 0 bridgehead atoms. The second-order valence-electron chi connectivity index (χ2n) is 4.50. The van der Waals surface area contributed by atoms with Crippen LogP contribution in [0.2, 0.25) is 10.0 Å². The Kier molecular flexibility index (Phi) is 6.26. The first kappa shape index (κ1) is 16.8. The molecule has 3 N–H and O–H groups in total. The Morgan fingerprint density at radius 3 is 2.45 bits per heavy atom. The lowest BCUT2D eigenvalue weighted by Gasteiger charge is -2.18. The molecule has 7 heteroatoms. The number of benzene rings is 1. The predicted molar refractivity (Wildman–Crippen MR) is 78.9 cm³/mol. The summed E-state index contributed by atoms with van der Waals surface area (Å²) < 4.78 is 0. The van der Waals surface area contributed by atoms with E-state index < -0.39 is 11.8 Å². The van der Waals surface area contributed by atoms with E-state index in [9.17, 15) is 9.59 Å². The van der Waals surface area contributed by atoms with Crippen LogP contribution in [0.3, 0.4) is 0 Å². The molecule has 0 aliphatic rings. The summed E-state index contributed by atoms with van der Waals surface area (Å²) in [6, 6.07) is 4.21. The summed E-state index contributed by atoms with van der Waals surface area (Å²) in [5, 5.41) is 14.5. The fourth-order valence-electron chi connectivity index (χ4n) is 1.34. The molecule has 2 atom stereocenters. The first-order valence-electron chi connectivity index (χ1n) is 6.03. The molecule has 0 heterocycles. The maximum absolute atomic E-state index is 11.7. The molecular weight excluding hydrogens is 303 g/mol. The number of carbonyl (C=O) groups excluding carboxylic acids is 2. The van der Waals surface area contributed by atoms with Crippen LogP contribution in [0.25, 0.3) is 0 Å². The molecule has 0 aliphatic carbocycles. The first-order valence-corrected chi connectivity index (χ1v) is 6.78. The van der Waals surface area contributed by atoms with Crippen LogP contribution < -0.4 is 10.6 Å². The maximum atomic E-state index is 11.7. The first-order chi connectivity index (χ1) is 9.35. The summed E-state index contributed by atoms with van der Waals surface area (Å²) >= 11 is 11.6. The van der Waals surface area contributed by atoms with Crippen LogP contribution in [0.15, 0.2) is 18.2 Å². The minimum atomic E-state index is -0.828. The molecule has 0 aliphatic heterocycles. The maximum Gasteiger partial charge on any atom is 0.313 e. The zero-order valence-corrected chi connectivity index (χ0v) is 12.6. The van der Waals surface area contributed by atoms with E-state index in [1.54, 1.807) is 19.9 Å². The molecular formula is C13H16Cl2N2O3. The third-order valence-corrected chi connectivity index (χ3v) is 3.43. The van der Waals surface area contributed by atoms with Crippen molar-refractivity contribution in [3.05, 3.63) is 28.2 Å². The molecule has 0 spiro atoms. The van der Waals surface area contributed by atoms with E-state index in [2.05, 4.69) is 10.6 Å². The monoisotopic (exact) mass is 318 g/mol. The zero-order valence-electron chi connectivity index (χ0n) is 11.1. The van der Waals surface area contributed by atoms with Gasteiger partial charge in [0, 0.05) is 17.7 Å². The van der Waals surface area contributed by atoms with Gasteiger partial charge in [0.05, 0.1) is 10.7 Å². The van der Waals surface area contributed by atoms with Crippen LogP contribution in [0.5, 0.6) is 0 Å². The SMILES string of the molecule is CC(CO)C(C)NC(=O)C(=O)Nc1ccc(Cl)cc1Cl. The highest BCUT2D eigenvalue weighted by atomic mass is 35.5. The van der Waals surface area contributed by atoms with Crippen molar-refractivity contribution in [3.63, 3.8) is 0 Å². The smallest absolute Gasteiger partial charge is 0.313 e. The second kappa shape index (κ2) is 7.47. The average Bonchev–Trinajstić information content (AvgIpc) is 2.40. The number of halogens is 2. The van der Waals surface area contributed by atoms with Gasteiger partial charge in [0.1, 0.15) is 0 Å². The lowest BCUT2D eigenvalue weighted by atomic mass is 10.1. The Labute approximate surface area is 127 Å². The van der Waals surface area contributed by atoms with Gasteiger partial charge in [-0.2, -0.15) is 0 Å². The molecule has 20 heavy (non-hydrogen) atoms. The topological polar surface area (TPSA) is 78.4 Å². The summed E-state index contributed by atoms with van der Waals surface area (Å²) in [5.74, 6) is -1.76. The molecule has 0 aromatic heterocycles. The quantitative estimate of drug-likeness (QED) is 0.743. The van der Waals surface area contributed by atoms with E-state index in [1.807, 2.05) is 0 Å². The number of nitrogens with one attached hydrogen (secondary N) is 2. The Morgan fingerprint density at radius 2 is 1.90 bits per heavy atom. The third kappa shape index (κ3) is 4.67. The average molecular weight is 319 g/mol. The number of amides is 2. The summed E-state index contributed by atoms with van der Waals surface area (Å²) in [6.45, 7) is 3.40. The number of aliphatic hydroxyl groups excluding tert-OH is 1. The van der Waals surface area contributed by atoms with Gasteiger partial charge in [-0.15, -0.1) is 0 Å². The number of carbonyl (C=O) groups is 2. The van der Waals surface area contributed by atoms with Crippen LogP contribution in [-0.2, 0) is 9.59 Å². The summed E-state index contributed by atoms with van der Waals surface area (Å²) in [4.78, 5) is 23.4. The van der Waals surface area contributed by atoms with Crippen molar-refractivity contribution in [2.75, 3.05) is 11.9 Å². The standard InChI is InChI=1S/C13H16Cl2N2O3/c1-7(6-18)8(2)16-12(19)13(20)17-11-4-3-9(14)5-10(11)15/h3-5,7-8,18H,6H2,1-2H3,(H,16,19)(H,17,20). The molecule has 2 unspecified atom stereocenters. The summed E-state index contributed by atoms with van der Waals surface area (Å²) in [7, 11) is 0. The van der Waals surface area contributed by atoms with E-state index in [0.29, 0.717) is 10.7 Å². The van der Waals surface area contributed by atoms with Crippen LogP contribution in [0, 0.1) is 5.92 Å². The summed E-state index contributed by atoms with van der Waals surface area (Å²) in [5.41, 5.74) is 0.305. The zero-order chi connectivity index (χ0) is 15.3. The molecule has 0 fully saturated rings. The van der Waals surface area contributed by atoms with Crippen molar-refractivity contribution >= 4 is 40.7 Å². The van der Waals surface area contributed by atoms with Gasteiger partial charge in [-0.1, -0.05) is 30.1 Å². The molecule has 1 rings (SSSR count). The number of anilines is 1. The molecule has 110 valence electrons. The normalized spacial score (nSPS) is 13.4. The van der Waals surface area contributed by atoms with Gasteiger partial charge in [-0.25, -0.2) is 0 Å². The number of rotatable bonds is 4. The van der Waals surface area contributed by atoms with Crippen LogP contribution >= 0.6 is 23.2 Å². The second-order valence-corrected chi connectivity index (χ2v) is 5.34. The fourth-order valence-corrected chi connectivity index (χ4v) is 1.80. The molecule has 0 saturated carbocycles. The van der Waals surface area contributed by atoms with Gasteiger partial charge < -0.3 is 15.7 Å². The Hall–Kier alpha value is -1.30. The van der Waals surface area contributed by atoms with Crippen molar-refractivity contribution in [3.8, 4) is 0 Å². The van der Waals surface area contributed by atoms with Crippen molar-refractivity contribution in [2.24, 2.45) is 5.92 Å². The van der Waals surface area contributed by atoms with Crippen molar-refractivity contribution in [1.29, 1.82) is 0 Å². The fraction of sp³-hybridized carbons (Fsp3) is 0.385. The van der Waals surface area contributed by atoms with Crippen LogP contribution in [0.1, 0.15) is 13.8 Å². The van der Waals surface area contributed by atoms with E-state index in [-0.39, 0.29) is 23.6 Å². The lowest BCUT2D eigenvalue weighted by molar-refractivity contribution is -0.136. The molecule has 1 aromatic rings. The number of hydrogen-bond acceptors (Lipinski definition) is 3. The Balaban J connectivity index is 2.64. The highest BCUT2D eigenvalue weighted by Crippen LogP contribution is 2.25. The molecule has 2 amide bonds. The van der Waals surface area contributed by atoms with E-state index >= 15 is 0 Å². The molecule has 0 saturated heterocycles. The van der Waals surface area contributed by atoms with Gasteiger partial charge in [-0.3, -0.25) is 9.59 Å². The van der Waals surface area contributed by atoms with E-state index in [4.69, 9.17) is 28.3 Å². The number of hydrogen-bond donors (Lipinski definition) is 3. The van der Waals surface area contributed by atoms with Gasteiger partial charge in [0.15, 0.2) is 0 Å². The highest BCUT2D eigenvalue weighted by Gasteiger charge is 2.20. The minimum Gasteiger partial charge on any atom is -0.396 e. The molecule has 0 radical (unpaired) electrons. The predicted octanol–water partition coefficient (Wildman–Crippen LogP) is 2.06. The van der Waals surface area contributed by atoms with Crippen molar-refractivity contribution < 1.29 is 14.7 Å². The van der Waals surface area contributed by atoms with E-state index in [0.717, 1.165) is 0 Å². The van der Waals surface area contributed by atoms with Gasteiger partial charge in [0.2, 0.25) is 0 Å². The highest BCUT2D eigenvalue weighted by molar-refractivity contribution is 6.42. The molecule has 5 nitrogen and oxygen atoms in total.